The van der Waals surface area contributed by atoms with Crippen molar-refractivity contribution in [1.29, 1.82) is 0 Å². The van der Waals surface area contributed by atoms with E-state index in [-0.39, 0.29) is 5.69 Å². The summed E-state index contributed by atoms with van der Waals surface area (Å²) >= 11 is 0. The summed E-state index contributed by atoms with van der Waals surface area (Å²) in [7, 11) is 1.03. The first-order valence-corrected chi connectivity index (χ1v) is 9.82. The lowest BCUT2D eigenvalue weighted by Gasteiger charge is -2.13. The first-order valence-electron chi connectivity index (χ1n) is 7.90. The molecule has 7 heteroatoms. The normalized spacial score (nSPS) is 16.1. The van der Waals surface area contributed by atoms with Crippen LogP contribution in [-0.4, -0.2) is 35.6 Å². The molecule has 128 valence electrons. The lowest BCUT2D eigenvalue weighted by atomic mass is 9.96. The van der Waals surface area contributed by atoms with Gasteiger partial charge in [-0.25, -0.2) is 4.21 Å². The molecule has 24 heavy (non-hydrogen) atoms. The minimum Gasteiger partial charge on any atom is -0.378 e. The largest absolute Gasteiger partial charge is 0.378 e. The summed E-state index contributed by atoms with van der Waals surface area (Å²) in [5, 5.41) is 3.86. The van der Waals surface area contributed by atoms with Gasteiger partial charge in [0.25, 0.3) is 0 Å². The fourth-order valence-electron chi connectivity index (χ4n) is 2.80. The SMILES string of the molecule is CN(C)c1ccc(S(C)(=O)=NC(=O)c2noc3c2CCCC3)cc1. The molecule has 0 saturated heterocycles. The van der Waals surface area contributed by atoms with Crippen LogP contribution in [0.4, 0.5) is 5.69 Å². The van der Waals surface area contributed by atoms with E-state index in [1.807, 2.05) is 31.1 Å². The Morgan fingerprint density at radius 3 is 2.54 bits per heavy atom. The molecule has 0 bridgehead atoms. The van der Waals surface area contributed by atoms with Gasteiger partial charge in [-0.3, -0.25) is 4.79 Å². The summed E-state index contributed by atoms with van der Waals surface area (Å²) in [6, 6.07) is 7.20. The Kier molecular flexibility index (Phi) is 4.45. The maximum atomic E-state index is 12.9. The molecular formula is C17H21N3O3S. The van der Waals surface area contributed by atoms with Crippen LogP contribution in [0.3, 0.4) is 0 Å². The molecule has 1 aliphatic carbocycles. The highest BCUT2D eigenvalue weighted by molar-refractivity contribution is 7.93. The maximum absolute atomic E-state index is 12.9. The highest BCUT2D eigenvalue weighted by Crippen LogP contribution is 2.25. The smallest absolute Gasteiger partial charge is 0.307 e. The molecule has 1 aromatic heterocycles. The van der Waals surface area contributed by atoms with Crippen molar-refractivity contribution in [2.24, 2.45) is 4.36 Å². The third-order valence-electron chi connectivity index (χ3n) is 4.20. The maximum Gasteiger partial charge on any atom is 0.307 e. The molecule has 0 spiro atoms. The van der Waals surface area contributed by atoms with Gasteiger partial charge < -0.3 is 9.42 Å². The fraction of sp³-hybridized carbons (Fsp3) is 0.412. The van der Waals surface area contributed by atoms with Gasteiger partial charge >= 0.3 is 5.91 Å². The number of nitrogens with zero attached hydrogens (tertiary/aromatic N) is 3. The number of aromatic nitrogens is 1. The van der Waals surface area contributed by atoms with Crippen LogP contribution in [0, 0.1) is 0 Å². The number of carbonyl (C=O) groups is 1. The third-order valence-corrected chi connectivity index (χ3v) is 5.86. The van der Waals surface area contributed by atoms with Crippen LogP contribution in [0.25, 0.3) is 0 Å². The molecule has 1 unspecified atom stereocenters. The van der Waals surface area contributed by atoms with Crippen molar-refractivity contribution in [3.05, 3.63) is 41.3 Å². The van der Waals surface area contributed by atoms with Crippen LogP contribution in [0.1, 0.15) is 34.7 Å². The molecule has 1 heterocycles. The number of hydrogen-bond acceptors (Lipinski definition) is 5. The molecule has 1 aliphatic rings. The second kappa shape index (κ2) is 6.39. The Labute approximate surface area is 142 Å². The number of hydrogen-bond donors (Lipinski definition) is 0. The summed E-state index contributed by atoms with van der Waals surface area (Å²) in [5.74, 6) is 0.198. The van der Waals surface area contributed by atoms with Crippen LogP contribution in [0.15, 0.2) is 38.0 Å². The average Bonchev–Trinajstić information content (AvgIpc) is 2.98. The van der Waals surface area contributed by atoms with E-state index in [9.17, 15) is 9.00 Å². The number of fused-ring (bicyclic) bond motifs is 1. The molecule has 3 rings (SSSR count). The lowest BCUT2D eigenvalue weighted by Crippen LogP contribution is -2.10. The van der Waals surface area contributed by atoms with E-state index in [4.69, 9.17) is 4.52 Å². The number of benzene rings is 1. The molecule has 1 aromatic carbocycles. The number of carbonyl (C=O) groups excluding carboxylic acids is 1. The average molecular weight is 347 g/mol. The molecule has 0 saturated carbocycles. The summed E-state index contributed by atoms with van der Waals surface area (Å²) in [6.07, 6.45) is 5.07. The first kappa shape index (κ1) is 16.7. The van der Waals surface area contributed by atoms with Crippen LogP contribution in [0.5, 0.6) is 0 Å². The predicted molar refractivity (Wildman–Crippen MR) is 93.0 cm³/mol. The summed E-state index contributed by atoms with van der Waals surface area (Å²) in [6.45, 7) is 0. The zero-order valence-corrected chi connectivity index (χ0v) is 14.9. The lowest BCUT2D eigenvalue weighted by molar-refractivity contribution is 0.0995. The predicted octanol–water partition coefficient (Wildman–Crippen LogP) is 2.92. The van der Waals surface area contributed by atoms with E-state index >= 15 is 0 Å². The molecule has 0 fully saturated rings. The molecule has 0 N–H and O–H groups in total. The van der Waals surface area contributed by atoms with Gasteiger partial charge in [0.2, 0.25) is 0 Å². The molecule has 0 radical (unpaired) electrons. The fourth-order valence-corrected chi connectivity index (χ4v) is 3.95. The van der Waals surface area contributed by atoms with E-state index < -0.39 is 15.6 Å². The summed E-state index contributed by atoms with van der Waals surface area (Å²) in [4.78, 5) is 14.9. The Morgan fingerprint density at radius 2 is 1.88 bits per heavy atom. The second-order valence-corrected chi connectivity index (χ2v) is 8.49. The van der Waals surface area contributed by atoms with E-state index in [2.05, 4.69) is 9.52 Å². The first-order chi connectivity index (χ1) is 11.4. The van der Waals surface area contributed by atoms with Gasteiger partial charge in [0, 0.05) is 42.9 Å². The van der Waals surface area contributed by atoms with Gasteiger partial charge in [-0.05, 0) is 43.5 Å². The molecule has 1 atom stereocenters. The Balaban J connectivity index is 1.92. The molecular weight excluding hydrogens is 326 g/mol. The van der Waals surface area contributed by atoms with E-state index in [1.54, 1.807) is 12.1 Å². The van der Waals surface area contributed by atoms with Crippen LogP contribution < -0.4 is 4.90 Å². The molecule has 0 aliphatic heterocycles. The van der Waals surface area contributed by atoms with Gasteiger partial charge in [-0.1, -0.05) is 5.16 Å². The number of aryl methyl sites for hydroxylation is 1. The van der Waals surface area contributed by atoms with Crippen molar-refractivity contribution in [3.8, 4) is 0 Å². The van der Waals surface area contributed by atoms with E-state index in [1.165, 1.54) is 6.26 Å². The Morgan fingerprint density at radius 1 is 1.21 bits per heavy atom. The minimum absolute atomic E-state index is 0.212. The summed E-state index contributed by atoms with van der Waals surface area (Å²) in [5.41, 5.74) is 2.03. The van der Waals surface area contributed by atoms with E-state index in [0.717, 1.165) is 42.7 Å². The van der Waals surface area contributed by atoms with Gasteiger partial charge in [0.1, 0.15) is 5.76 Å². The third kappa shape index (κ3) is 3.21. The summed E-state index contributed by atoms with van der Waals surface area (Å²) < 4.78 is 22.1. The Bertz CT molecular complexity index is 875. The molecule has 6 nitrogen and oxygen atoms in total. The minimum atomic E-state index is -2.83. The highest BCUT2D eigenvalue weighted by atomic mass is 32.2. The van der Waals surface area contributed by atoms with Gasteiger partial charge in [0.15, 0.2) is 5.69 Å². The number of rotatable bonds is 3. The van der Waals surface area contributed by atoms with Crippen molar-refractivity contribution in [2.45, 2.75) is 30.6 Å². The van der Waals surface area contributed by atoms with Crippen LogP contribution in [-0.2, 0) is 22.6 Å². The standard InChI is InChI=1S/C17H21N3O3S/c1-20(2)12-8-10-13(11-9-12)24(3,22)19-17(21)16-14-6-4-5-7-15(14)23-18-16/h8-11H,4-7H2,1-3H3. The zero-order valence-electron chi connectivity index (χ0n) is 14.1. The van der Waals surface area contributed by atoms with Crippen molar-refractivity contribution < 1.29 is 13.5 Å². The molecule has 1 amide bonds. The zero-order chi connectivity index (χ0) is 17.3. The van der Waals surface area contributed by atoms with Crippen molar-refractivity contribution in [3.63, 3.8) is 0 Å². The Hall–Kier alpha value is -2.15. The topological polar surface area (TPSA) is 75.8 Å². The van der Waals surface area contributed by atoms with Crippen molar-refractivity contribution in [1.82, 2.24) is 5.16 Å². The molecule has 2 aromatic rings. The van der Waals surface area contributed by atoms with E-state index in [0.29, 0.717) is 4.90 Å². The van der Waals surface area contributed by atoms with Gasteiger partial charge in [-0.15, -0.1) is 0 Å². The quantitative estimate of drug-likeness (QED) is 0.853. The number of amides is 1. The number of anilines is 1. The van der Waals surface area contributed by atoms with Gasteiger partial charge in [-0.2, -0.15) is 4.36 Å². The highest BCUT2D eigenvalue weighted by Gasteiger charge is 2.24. The van der Waals surface area contributed by atoms with Crippen molar-refractivity contribution in [2.75, 3.05) is 25.3 Å². The van der Waals surface area contributed by atoms with Gasteiger partial charge in [0.05, 0.1) is 9.73 Å². The van der Waals surface area contributed by atoms with Crippen molar-refractivity contribution >= 4 is 21.3 Å². The second-order valence-electron chi connectivity index (χ2n) is 6.23. The monoisotopic (exact) mass is 347 g/mol. The van der Waals surface area contributed by atoms with Crippen LogP contribution >= 0.6 is 0 Å². The van der Waals surface area contributed by atoms with Crippen LogP contribution in [0.2, 0.25) is 0 Å².